The molecule has 2 atom stereocenters. The Morgan fingerprint density at radius 1 is 1.23 bits per heavy atom. The summed E-state index contributed by atoms with van der Waals surface area (Å²) in [6.07, 6.45) is -0.149. The highest BCUT2D eigenvalue weighted by Gasteiger charge is 2.28. The van der Waals surface area contributed by atoms with E-state index in [4.69, 9.17) is 9.73 Å². The maximum absolute atomic E-state index is 13.3. The zero-order chi connectivity index (χ0) is 21.5. The number of aliphatic imine (C=N–C) groups is 1. The van der Waals surface area contributed by atoms with Crippen LogP contribution >= 0.6 is 0 Å². The van der Waals surface area contributed by atoms with Crippen molar-refractivity contribution in [1.82, 2.24) is 15.5 Å². The summed E-state index contributed by atoms with van der Waals surface area (Å²) in [6.45, 7) is 6.59. The van der Waals surface area contributed by atoms with Crippen molar-refractivity contribution < 1.29 is 13.9 Å². The van der Waals surface area contributed by atoms with Gasteiger partial charge in [-0.3, -0.25) is 4.79 Å². The third-order valence-electron chi connectivity index (χ3n) is 4.96. The summed E-state index contributed by atoms with van der Waals surface area (Å²) in [5.41, 5.74) is 2.52. The summed E-state index contributed by atoms with van der Waals surface area (Å²) in [5.74, 6) is 0.426. The van der Waals surface area contributed by atoms with Crippen LogP contribution in [0.25, 0.3) is 0 Å². The maximum atomic E-state index is 13.3. The molecule has 7 heteroatoms. The van der Waals surface area contributed by atoms with Gasteiger partial charge in [0.2, 0.25) is 0 Å². The van der Waals surface area contributed by atoms with Gasteiger partial charge in [0, 0.05) is 25.7 Å². The quantitative estimate of drug-likeness (QED) is 0.585. The highest BCUT2D eigenvalue weighted by Crippen LogP contribution is 2.25. The minimum absolute atomic E-state index is 0.00855. The van der Waals surface area contributed by atoms with Gasteiger partial charge in [0.25, 0.3) is 5.91 Å². The monoisotopic (exact) mass is 412 g/mol. The number of rotatable bonds is 5. The second kappa shape index (κ2) is 10.2. The van der Waals surface area contributed by atoms with E-state index in [1.165, 1.54) is 12.1 Å². The fourth-order valence-corrected chi connectivity index (χ4v) is 3.53. The van der Waals surface area contributed by atoms with Gasteiger partial charge < -0.3 is 20.3 Å². The fraction of sp³-hybridized carbons (Fsp3) is 0.391. The molecule has 2 unspecified atom stereocenters. The Morgan fingerprint density at radius 2 is 2.00 bits per heavy atom. The van der Waals surface area contributed by atoms with Crippen molar-refractivity contribution in [1.29, 1.82) is 0 Å². The van der Waals surface area contributed by atoms with Crippen molar-refractivity contribution in [2.24, 2.45) is 4.99 Å². The molecular formula is C23H29FN4O2. The van der Waals surface area contributed by atoms with Gasteiger partial charge in [-0.25, -0.2) is 9.38 Å². The molecule has 1 aliphatic rings. The van der Waals surface area contributed by atoms with Gasteiger partial charge in [-0.1, -0.05) is 24.3 Å². The first-order valence-corrected chi connectivity index (χ1v) is 10.2. The Bertz CT molecular complexity index is 885. The van der Waals surface area contributed by atoms with Crippen LogP contribution in [0.1, 0.15) is 41.4 Å². The predicted octanol–water partition coefficient (Wildman–Crippen LogP) is 3.11. The van der Waals surface area contributed by atoms with Crippen molar-refractivity contribution in [3.05, 3.63) is 71.0 Å². The highest BCUT2D eigenvalue weighted by molar-refractivity contribution is 5.94. The van der Waals surface area contributed by atoms with Crippen LogP contribution in [0.3, 0.4) is 0 Å². The normalized spacial score (nSPS) is 19.5. The SMILES string of the molecule is CCNC(=NCc1cccc(C(=O)NC)c1)N1CC(C)OC(c2ccc(F)cc2)C1. The molecular weight excluding hydrogens is 383 g/mol. The van der Waals surface area contributed by atoms with E-state index in [9.17, 15) is 9.18 Å². The second-order valence-corrected chi connectivity index (χ2v) is 7.34. The average molecular weight is 413 g/mol. The Kier molecular flexibility index (Phi) is 7.41. The van der Waals surface area contributed by atoms with E-state index in [1.807, 2.05) is 32.0 Å². The number of nitrogens with zero attached hydrogens (tertiary/aromatic N) is 2. The largest absolute Gasteiger partial charge is 0.367 e. The molecule has 1 amide bonds. The molecule has 0 bridgehead atoms. The topological polar surface area (TPSA) is 66.0 Å². The van der Waals surface area contributed by atoms with E-state index in [0.29, 0.717) is 25.2 Å². The molecule has 0 aromatic heterocycles. The zero-order valence-corrected chi connectivity index (χ0v) is 17.7. The molecule has 2 N–H and O–H groups in total. The van der Waals surface area contributed by atoms with Gasteiger partial charge in [-0.05, 0) is 49.2 Å². The van der Waals surface area contributed by atoms with Crippen molar-refractivity contribution in [2.75, 3.05) is 26.7 Å². The average Bonchev–Trinajstić information content (AvgIpc) is 2.76. The van der Waals surface area contributed by atoms with Crippen molar-refractivity contribution in [3.63, 3.8) is 0 Å². The number of nitrogens with one attached hydrogen (secondary N) is 2. The first-order chi connectivity index (χ1) is 14.5. The van der Waals surface area contributed by atoms with Crippen LogP contribution < -0.4 is 10.6 Å². The number of carbonyl (C=O) groups is 1. The van der Waals surface area contributed by atoms with Gasteiger partial charge >= 0.3 is 0 Å². The van der Waals surface area contributed by atoms with E-state index in [0.717, 1.165) is 23.6 Å². The molecule has 1 fully saturated rings. The number of amides is 1. The molecule has 2 aromatic rings. The minimum atomic E-state index is -0.256. The summed E-state index contributed by atoms with van der Waals surface area (Å²) in [7, 11) is 1.62. The minimum Gasteiger partial charge on any atom is -0.367 e. The lowest BCUT2D eigenvalue weighted by Gasteiger charge is -2.38. The number of halogens is 1. The number of hydrogen-bond donors (Lipinski definition) is 2. The number of carbonyl (C=O) groups excluding carboxylic acids is 1. The number of morpholine rings is 1. The van der Waals surface area contributed by atoms with Crippen LogP contribution in [0, 0.1) is 5.82 Å². The maximum Gasteiger partial charge on any atom is 0.251 e. The molecule has 0 saturated carbocycles. The molecule has 0 spiro atoms. The van der Waals surface area contributed by atoms with Gasteiger partial charge in [0.05, 0.1) is 19.2 Å². The summed E-state index contributed by atoms with van der Waals surface area (Å²) in [5, 5.41) is 6.00. The standard InChI is InChI=1S/C23H29FN4O2/c1-4-26-23(27-13-17-6-5-7-19(12-17)22(29)25-3)28-14-16(2)30-21(15-28)18-8-10-20(24)11-9-18/h5-12,16,21H,4,13-15H2,1-3H3,(H,25,29)(H,26,27). The van der Waals surface area contributed by atoms with Gasteiger partial charge in [0.15, 0.2) is 5.96 Å². The van der Waals surface area contributed by atoms with Crippen molar-refractivity contribution in [2.45, 2.75) is 32.6 Å². The lowest BCUT2D eigenvalue weighted by atomic mass is 10.1. The number of ether oxygens (including phenoxy) is 1. The predicted molar refractivity (Wildman–Crippen MR) is 116 cm³/mol. The van der Waals surface area contributed by atoms with Crippen LogP contribution in [-0.4, -0.2) is 49.6 Å². The third-order valence-corrected chi connectivity index (χ3v) is 4.96. The fourth-order valence-electron chi connectivity index (χ4n) is 3.53. The zero-order valence-electron chi connectivity index (χ0n) is 17.7. The smallest absolute Gasteiger partial charge is 0.251 e. The van der Waals surface area contributed by atoms with E-state index in [-0.39, 0.29) is 23.9 Å². The Hall–Kier alpha value is -2.93. The molecule has 30 heavy (non-hydrogen) atoms. The molecule has 1 aliphatic heterocycles. The molecule has 3 rings (SSSR count). The third kappa shape index (κ3) is 5.57. The molecule has 6 nitrogen and oxygen atoms in total. The van der Waals surface area contributed by atoms with Crippen LogP contribution in [-0.2, 0) is 11.3 Å². The lowest BCUT2D eigenvalue weighted by Crippen LogP contribution is -2.50. The van der Waals surface area contributed by atoms with Crippen molar-refractivity contribution in [3.8, 4) is 0 Å². The summed E-state index contributed by atoms with van der Waals surface area (Å²) in [4.78, 5) is 18.8. The molecule has 2 aromatic carbocycles. The Balaban J connectivity index is 1.77. The number of hydrogen-bond acceptors (Lipinski definition) is 3. The lowest BCUT2D eigenvalue weighted by molar-refractivity contribution is -0.0605. The second-order valence-electron chi connectivity index (χ2n) is 7.34. The summed E-state index contributed by atoms with van der Waals surface area (Å²) >= 11 is 0. The van der Waals surface area contributed by atoms with Gasteiger partial charge in [-0.15, -0.1) is 0 Å². The number of benzene rings is 2. The van der Waals surface area contributed by atoms with Crippen LogP contribution in [0.15, 0.2) is 53.5 Å². The van der Waals surface area contributed by atoms with E-state index in [1.54, 1.807) is 25.2 Å². The highest BCUT2D eigenvalue weighted by atomic mass is 19.1. The molecule has 0 aliphatic carbocycles. The van der Waals surface area contributed by atoms with Crippen molar-refractivity contribution >= 4 is 11.9 Å². The molecule has 1 saturated heterocycles. The molecule has 1 heterocycles. The Morgan fingerprint density at radius 3 is 2.70 bits per heavy atom. The summed E-state index contributed by atoms with van der Waals surface area (Å²) < 4.78 is 19.4. The molecule has 0 radical (unpaired) electrons. The summed E-state index contributed by atoms with van der Waals surface area (Å²) in [6, 6.07) is 13.9. The Labute approximate surface area is 177 Å². The first-order valence-electron chi connectivity index (χ1n) is 10.2. The number of guanidine groups is 1. The van der Waals surface area contributed by atoms with Crippen LogP contribution in [0.2, 0.25) is 0 Å². The van der Waals surface area contributed by atoms with Crippen LogP contribution in [0.5, 0.6) is 0 Å². The van der Waals surface area contributed by atoms with Gasteiger partial charge in [0.1, 0.15) is 11.9 Å². The first kappa shape index (κ1) is 21.8. The molecule has 160 valence electrons. The van der Waals surface area contributed by atoms with E-state index < -0.39 is 0 Å². The van der Waals surface area contributed by atoms with Gasteiger partial charge in [-0.2, -0.15) is 0 Å². The van der Waals surface area contributed by atoms with E-state index in [2.05, 4.69) is 15.5 Å². The van der Waals surface area contributed by atoms with E-state index >= 15 is 0 Å². The van der Waals surface area contributed by atoms with Crippen LogP contribution in [0.4, 0.5) is 4.39 Å².